The molecular weight excluding hydrogens is 292 g/mol. The minimum atomic E-state index is -1.13. The maximum Gasteiger partial charge on any atom is 0.390 e. The Morgan fingerprint density at radius 3 is 1.91 bits per heavy atom. The van der Waals surface area contributed by atoms with Gasteiger partial charge >= 0.3 is 12.3 Å². The summed E-state index contributed by atoms with van der Waals surface area (Å²) >= 11 is 0. The van der Waals surface area contributed by atoms with E-state index in [0.29, 0.717) is 17.9 Å². The summed E-state index contributed by atoms with van der Waals surface area (Å²) in [5, 5.41) is 0. The van der Waals surface area contributed by atoms with Gasteiger partial charge in [-0.15, -0.1) is 0 Å². The highest BCUT2D eigenvalue weighted by atomic mass is 16.7. The fourth-order valence-electron chi connectivity index (χ4n) is 2.44. The molecule has 0 N–H and O–H groups in total. The van der Waals surface area contributed by atoms with Crippen LogP contribution in [0.4, 0.5) is 0 Å². The second-order valence-corrected chi connectivity index (χ2v) is 6.49. The zero-order valence-corrected chi connectivity index (χ0v) is 13.5. The summed E-state index contributed by atoms with van der Waals surface area (Å²) in [6.07, 6.45) is -0.440. The van der Waals surface area contributed by atoms with E-state index in [4.69, 9.17) is 14.2 Å². The number of carbonyl (C=O) groups is 1. The van der Waals surface area contributed by atoms with Gasteiger partial charge in [0.25, 0.3) is 0 Å². The molecule has 2 aromatic carbocycles. The van der Waals surface area contributed by atoms with Crippen molar-refractivity contribution in [1.29, 1.82) is 0 Å². The van der Waals surface area contributed by atoms with E-state index in [9.17, 15) is 4.79 Å². The van der Waals surface area contributed by atoms with Crippen LogP contribution >= 0.6 is 0 Å². The predicted octanol–water partition coefficient (Wildman–Crippen LogP) is 3.72. The first kappa shape index (κ1) is 15.4. The summed E-state index contributed by atoms with van der Waals surface area (Å²) in [6.45, 7) is 5.45. The van der Waals surface area contributed by atoms with E-state index in [1.165, 1.54) is 0 Å². The quantitative estimate of drug-likeness (QED) is 0.753. The van der Waals surface area contributed by atoms with Crippen molar-refractivity contribution in [2.45, 2.75) is 39.1 Å². The number of esters is 1. The lowest BCUT2D eigenvalue weighted by Crippen LogP contribution is -2.40. The van der Waals surface area contributed by atoms with E-state index in [2.05, 4.69) is 0 Å². The van der Waals surface area contributed by atoms with Gasteiger partial charge in [-0.25, -0.2) is 4.79 Å². The van der Waals surface area contributed by atoms with Crippen LogP contribution in [0.25, 0.3) is 0 Å². The van der Waals surface area contributed by atoms with Gasteiger partial charge in [0.2, 0.25) is 0 Å². The molecule has 0 atom stereocenters. The Balaban J connectivity index is 1.98. The van der Waals surface area contributed by atoms with Crippen LogP contribution < -0.4 is 9.47 Å². The maximum atomic E-state index is 12.4. The number of ether oxygens (including phenoxy) is 3. The third-order valence-corrected chi connectivity index (χ3v) is 3.39. The first-order valence-corrected chi connectivity index (χ1v) is 7.64. The van der Waals surface area contributed by atoms with Gasteiger partial charge in [-0.05, 0) is 44.0 Å². The molecule has 0 fully saturated rings. The molecule has 23 heavy (non-hydrogen) atoms. The molecule has 0 bridgehead atoms. The average molecular weight is 312 g/mol. The van der Waals surface area contributed by atoms with Crippen LogP contribution in [0.5, 0.6) is 11.5 Å². The van der Waals surface area contributed by atoms with E-state index in [-0.39, 0.29) is 0 Å². The molecule has 0 spiro atoms. The Hall–Kier alpha value is -2.49. The second-order valence-electron chi connectivity index (χ2n) is 6.49. The number of benzene rings is 2. The summed E-state index contributed by atoms with van der Waals surface area (Å²) in [5.74, 6) is 0.736. The lowest BCUT2D eigenvalue weighted by molar-refractivity contribution is -0.177. The van der Waals surface area contributed by atoms with Gasteiger partial charge in [-0.1, -0.05) is 36.4 Å². The van der Waals surface area contributed by atoms with Crippen LogP contribution in [-0.4, -0.2) is 17.9 Å². The molecule has 0 unspecified atom stereocenters. The SMILES string of the molecule is CC(C)(C)OC(=O)C1Oc2ccccc2Cc2ccccc2O1. The normalized spacial score (nSPS) is 14.4. The Bertz CT molecular complexity index is 668. The Morgan fingerprint density at radius 1 is 0.957 bits per heavy atom. The highest BCUT2D eigenvalue weighted by molar-refractivity contribution is 5.75. The number of rotatable bonds is 1. The summed E-state index contributed by atoms with van der Waals surface area (Å²) in [6, 6.07) is 15.3. The van der Waals surface area contributed by atoms with Crippen LogP contribution in [0.3, 0.4) is 0 Å². The standard InChI is InChI=1S/C19H20O4/c1-19(2,3)23-17(20)18-21-15-10-6-4-8-13(15)12-14-9-5-7-11-16(14)22-18/h4-11,18H,12H2,1-3H3. The molecular formula is C19H20O4. The largest absolute Gasteiger partial charge is 0.454 e. The zero-order chi connectivity index (χ0) is 16.4. The van der Waals surface area contributed by atoms with Gasteiger partial charge in [0, 0.05) is 6.42 Å². The van der Waals surface area contributed by atoms with Crippen LogP contribution in [0, 0.1) is 0 Å². The summed E-state index contributed by atoms with van der Waals surface area (Å²) in [4.78, 5) is 12.4. The lowest BCUT2D eigenvalue weighted by Gasteiger charge is -2.27. The monoisotopic (exact) mass is 312 g/mol. The molecule has 0 saturated heterocycles. The fourth-order valence-corrected chi connectivity index (χ4v) is 2.44. The van der Waals surface area contributed by atoms with Gasteiger partial charge in [0.15, 0.2) is 0 Å². The molecule has 0 amide bonds. The molecule has 120 valence electrons. The minimum absolute atomic E-state index is 0.538. The van der Waals surface area contributed by atoms with Crippen LogP contribution in [0.15, 0.2) is 48.5 Å². The number of hydrogen-bond acceptors (Lipinski definition) is 4. The molecule has 4 heteroatoms. The lowest BCUT2D eigenvalue weighted by atomic mass is 10.0. The molecule has 2 aromatic rings. The topological polar surface area (TPSA) is 44.8 Å². The van der Waals surface area contributed by atoms with E-state index in [0.717, 1.165) is 11.1 Å². The number of fused-ring (bicyclic) bond motifs is 2. The van der Waals surface area contributed by atoms with Crippen LogP contribution in [0.2, 0.25) is 0 Å². The summed E-state index contributed by atoms with van der Waals surface area (Å²) < 4.78 is 17.0. The fraction of sp³-hybridized carbons (Fsp3) is 0.316. The predicted molar refractivity (Wildman–Crippen MR) is 86.6 cm³/mol. The van der Waals surface area contributed by atoms with Crippen molar-refractivity contribution in [2.75, 3.05) is 0 Å². The summed E-state index contributed by atoms with van der Waals surface area (Å²) in [7, 11) is 0. The van der Waals surface area contributed by atoms with Crippen molar-refractivity contribution in [3.8, 4) is 11.5 Å². The first-order valence-electron chi connectivity index (χ1n) is 7.64. The average Bonchev–Trinajstić information content (AvgIpc) is 2.45. The highest BCUT2D eigenvalue weighted by Gasteiger charge is 2.31. The summed E-state index contributed by atoms with van der Waals surface area (Å²) in [5.41, 5.74) is 1.42. The van der Waals surface area contributed by atoms with Gasteiger partial charge < -0.3 is 14.2 Å². The molecule has 1 heterocycles. The maximum absolute atomic E-state index is 12.4. The molecule has 0 aromatic heterocycles. The van der Waals surface area contributed by atoms with Crippen LogP contribution in [0.1, 0.15) is 31.9 Å². The molecule has 1 aliphatic rings. The molecule has 1 aliphatic heterocycles. The molecule has 0 saturated carbocycles. The van der Waals surface area contributed by atoms with E-state index >= 15 is 0 Å². The third kappa shape index (κ3) is 3.65. The van der Waals surface area contributed by atoms with Crippen molar-refractivity contribution in [1.82, 2.24) is 0 Å². The van der Waals surface area contributed by atoms with Crippen molar-refractivity contribution in [3.05, 3.63) is 59.7 Å². The number of carbonyl (C=O) groups excluding carboxylic acids is 1. The van der Waals surface area contributed by atoms with Crippen molar-refractivity contribution < 1.29 is 19.0 Å². The Morgan fingerprint density at radius 2 is 1.43 bits per heavy atom. The Kier molecular flexibility index (Phi) is 3.99. The van der Waals surface area contributed by atoms with Crippen molar-refractivity contribution in [2.24, 2.45) is 0 Å². The third-order valence-electron chi connectivity index (χ3n) is 3.39. The second kappa shape index (κ2) is 5.95. The van der Waals surface area contributed by atoms with Gasteiger partial charge in [0.05, 0.1) is 0 Å². The minimum Gasteiger partial charge on any atom is -0.454 e. The van der Waals surface area contributed by atoms with Crippen molar-refractivity contribution in [3.63, 3.8) is 0 Å². The molecule has 0 radical (unpaired) electrons. The van der Waals surface area contributed by atoms with E-state index < -0.39 is 17.9 Å². The van der Waals surface area contributed by atoms with Gasteiger partial charge in [0.1, 0.15) is 17.1 Å². The number of para-hydroxylation sites is 2. The molecule has 4 nitrogen and oxygen atoms in total. The Labute approximate surface area is 136 Å². The van der Waals surface area contributed by atoms with Gasteiger partial charge in [-0.2, -0.15) is 0 Å². The molecule has 3 rings (SSSR count). The first-order chi connectivity index (χ1) is 10.9. The zero-order valence-electron chi connectivity index (χ0n) is 13.5. The van der Waals surface area contributed by atoms with Gasteiger partial charge in [-0.3, -0.25) is 0 Å². The van der Waals surface area contributed by atoms with Crippen molar-refractivity contribution >= 4 is 5.97 Å². The van der Waals surface area contributed by atoms with E-state index in [1.807, 2.05) is 69.3 Å². The molecule has 0 aliphatic carbocycles. The van der Waals surface area contributed by atoms with Crippen LogP contribution in [-0.2, 0) is 16.0 Å². The number of hydrogen-bond donors (Lipinski definition) is 0. The highest BCUT2D eigenvalue weighted by Crippen LogP contribution is 2.31. The smallest absolute Gasteiger partial charge is 0.390 e. The van der Waals surface area contributed by atoms with E-state index in [1.54, 1.807) is 0 Å².